The van der Waals surface area contributed by atoms with Crippen molar-refractivity contribution in [1.82, 2.24) is 4.90 Å². The highest BCUT2D eigenvalue weighted by Gasteiger charge is 2.19. The summed E-state index contributed by atoms with van der Waals surface area (Å²) in [6, 6.07) is 13.6. The van der Waals surface area contributed by atoms with Gasteiger partial charge in [0.05, 0.1) is 0 Å². The zero-order valence-corrected chi connectivity index (χ0v) is 14.7. The van der Waals surface area contributed by atoms with Gasteiger partial charge in [-0.05, 0) is 55.0 Å². The molecular formula is C21H21FN2O2. The summed E-state index contributed by atoms with van der Waals surface area (Å²) in [5, 5.41) is 0. The first-order valence-corrected chi connectivity index (χ1v) is 8.61. The van der Waals surface area contributed by atoms with Crippen LogP contribution < -0.4 is 4.90 Å². The lowest BCUT2D eigenvalue weighted by Gasteiger charge is -2.35. The fraction of sp³-hybridized carbons (Fsp3) is 0.238. The maximum atomic E-state index is 12.9. The highest BCUT2D eigenvalue weighted by atomic mass is 19.1. The summed E-state index contributed by atoms with van der Waals surface area (Å²) >= 11 is 0. The minimum atomic E-state index is -0.291. The Labute approximate surface area is 152 Å². The largest absolute Gasteiger partial charge is 0.368 e. The molecule has 5 heteroatoms. The molecule has 0 spiro atoms. The average Bonchev–Trinajstić information content (AvgIpc) is 2.67. The molecule has 0 aromatic heterocycles. The van der Waals surface area contributed by atoms with Gasteiger partial charge in [-0.2, -0.15) is 0 Å². The molecule has 1 aliphatic heterocycles. The molecule has 1 aliphatic rings. The molecule has 0 saturated carbocycles. The molecule has 26 heavy (non-hydrogen) atoms. The number of piperazine rings is 1. The van der Waals surface area contributed by atoms with Crippen molar-refractivity contribution in [2.45, 2.75) is 6.92 Å². The molecular weight excluding hydrogens is 331 g/mol. The second-order valence-corrected chi connectivity index (χ2v) is 6.30. The van der Waals surface area contributed by atoms with Crippen LogP contribution in [0.25, 0.3) is 6.08 Å². The Kier molecular flexibility index (Phi) is 5.46. The van der Waals surface area contributed by atoms with Crippen molar-refractivity contribution < 1.29 is 14.0 Å². The van der Waals surface area contributed by atoms with Gasteiger partial charge in [0.1, 0.15) is 5.82 Å². The first-order valence-electron chi connectivity index (χ1n) is 8.61. The average molecular weight is 352 g/mol. The number of amides is 1. The van der Waals surface area contributed by atoms with Gasteiger partial charge in [-0.3, -0.25) is 9.59 Å². The third-order valence-corrected chi connectivity index (χ3v) is 4.52. The predicted octanol–water partition coefficient (Wildman–Crippen LogP) is 3.39. The third kappa shape index (κ3) is 4.36. The summed E-state index contributed by atoms with van der Waals surface area (Å²) in [6.07, 6.45) is 3.24. The van der Waals surface area contributed by atoms with Crippen molar-refractivity contribution in [1.29, 1.82) is 0 Å². The number of Topliss-reactive ketones (excluding diaryl/α,β-unsaturated/α-hetero) is 1. The molecule has 0 aliphatic carbocycles. The van der Waals surface area contributed by atoms with Crippen molar-refractivity contribution in [3.8, 4) is 0 Å². The molecule has 1 amide bonds. The van der Waals surface area contributed by atoms with E-state index in [4.69, 9.17) is 0 Å². The van der Waals surface area contributed by atoms with E-state index >= 15 is 0 Å². The van der Waals surface area contributed by atoms with Crippen molar-refractivity contribution >= 4 is 23.5 Å². The van der Waals surface area contributed by atoms with E-state index in [1.807, 2.05) is 24.3 Å². The second kappa shape index (κ2) is 7.95. The van der Waals surface area contributed by atoms with Gasteiger partial charge in [0, 0.05) is 43.5 Å². The maximum Gasteiger partial charge on any atom is 0.246 e. The number of carbonyl (C=O) groups excluding carboxylic acids is 2. The molecule has 2 aromatic rings. The van der Waals surface area contributed by atoms with Crippen LogP contribution in [0.4, 0.5) is 10.1 Å². The Balaban J connectivity index is 1.55. The summed E-state index contributed by atoms with van der Waals surface area (Å²) < 4.78 is 12.9. The van der Waals surface area contributed by atoms with Crippen LogP contribution in [0.2, 0.25) is 0 Å². The van der Waals surface area contributed by atoms with Gasteiger partial charge in [-0.15, -0.1) is 0 Å². The van der Waals surface area contributed by atoms with E-state index in [1.54, 1.807) is 30.0 Å². The van der Waals surface area contributed by atoms with E-state index in [2.05, 4.69) is 4.90 Å². The normalized spacial score (nSPS) is 14.7. The van der Waals surface area contributed by atoms with Gasteiger partial charge < -0.3 is 9.80 Å². The van der Waals surface area contributed by atoms with Gasteiger partial charge in [0.2, 0.25) is 5.91 Å². The number of halogens is 1. The molecule has 0 atom stereocenters. The molecule has 0 N–H and O–H groups in total. The number of hydrogen-bond donors (Lipinski definition) is 0. The highest BCUT2D eigenvalue weighted by Crippen LogP contribution is 2.18. The minimum Gasteiger partial charge on any atom is -0.368 e. The molecule has 2 aromatic carbocycles. The Morgan fingerprint density at radius 2 is 1.54 bits per heavy atom. The number of hydrogen-bond acceptors (Lipinski definition) is 3. The zero-order valence-electron chi connectivity index (χ0n) is 14.7. The molecule has 0 unspecified atom stereocenters. The number of ketones is 1. The fourth-order valence-corrected chi connectivity index (χ4v) is 2.94. The van der Waals surface area contributed by atoms with Crippen LogP contribution in [0.5, 0.6) is 0 Å². The van der Waals surface area contributed by atoms with E-state index in [0.29, 0.717) is 18.7 Å². The van der Waals surface area contributed by atoms with Gasteiger partial charge >= 0.3 is 0 Å². The van der Waals surface area contributed by atoms with Gasteiger partial charge in [-0.1, -0.05) is 12.1 Å². The van der Waals surface area contributed by atoms with Crippen molar-refractivity contribution in [2.75, 3.05) is 31.1 Å². The lowest BCUT2D eigenvalue weighted by atomic mass is 10.1. The van der Waals surface area contributed by atoms with Crippen LogP contribution in [0.1, 0.15) is 22.8 Å². The maximum absolute atomic E-state index is 12.9. The Morgan fingerprint density at radius 1 is 0.923 bits per heavy atom. The fourth-order valence-electron chi connectivity index (χ4n) is 2.94. The third-order valence-electron chi connectivity index (χ3n) is 4.52. The number of carbonyl (C=O) groups is 2. The smallest absolute Gasteiger partial charge is 0.246 e. The zero-order chi connectivity index (χ0) is 18.5. The van der Waals surface area contributed by atoms with Crippen molar-refractivity contribution in [2.24, 2.45) is 0 Å². The molecule has 0 bridgehead atoms. The van der Waals surface area contributed by atoms with Crippen LogP contribution in [-0.4, -0.2) is 42.8 Å². The highest BCUT2D eigenvalue weighted by molar-refractivity contribution is 5.94. The van der Waals surface area contributed by atoms with Crippen LogP contribution in [0, 0.1) is 5.82 Å². The van der Waals surface area contributed by atoms with E-state index in [-0.39, 0.29) is 17.5 Å². The Bertz CT molecular complexity index is 805. The topological polar surface area (TPSA) is 40.6 Å². The summed E-state index contributed by atoms with van der Waals surface area (Å²) in [7, 11) is 0. The lowest BCUT2D eigenvalue weighted by Crippen LogP contribution is -2.48. The summed E-state index contributed by atoms with van der Waals surface area (Å²) in [4.78, 5) is 27.7. The van der Waals surface area contributed by atoms with Gasteiger partial charge in [0.15, 0.2) is 5.78 Å². The van der Waals surface area contributed by atoms with Crippen LogP contribution in [0.15, 0.2) is 54.6 Å². The number of rotatable bonds is 4. The second-order valence-electron chi connectivity index (χ2n) is 6.30. The standard InChI is InChI=1S/C21H21FN2O2/c1-16(25)18-5-9-20(10-6-18)23-12-14-24(15-13-23)21(26)11-4-17-2-7-19(22)8-3-17/h2-11H,12-15H2,1H3. The molecule has 4 nitrogen and oxygen atoms in total. The quantitative estimate of drug-likeness (QED) is 0.626. The Hall–Kier alpha value is -2.95. The molecule has 3 rings (SSSR count). The van der Waals surface area contributed by atoms with Crippen molar-refractivity contribution in [3.63, 3.8) is 0 Å². The minimum absolute atomic E-state index is 0.0408. The van der Waals surface area contributed by atoms with Crippen LogP contribution in [0.3, 0.4) is 0 Å². The molecule has 1 heterocycles. The van der Waals surface area contributed by atoms with Gasteiger partial charge in [-0.25, -0.2) is 4.39 Å². The first kappa shape index (κ1) is 17.9. The SMILES string of the molecule is CC(=O)c1ccc(N2CCN(C(=O)C=Cc3ccc(F)cc3)CC2)cc1. The van der Waals surface area contributed by atoms with E-state index < -0.39 is 0 Å². The number of benzene rings is 2. The van der Waals surface area contributed by atoms with E-state index in [9.17, 15) is 14.0 Å². The number of nitrogens with zero attached hydrogens (tertiary/aromatic N) is 2. The predicted molar refractivity (Wildman–Crippen MR) is 101 cm³/mol. The summed E-state index contributed by atoms with van der Waals surface area (Å²) in [5.74, 6) is -0.276. The molecule has 134 valence electrons. The first-order chi connectivity index (χ1) is 12.5. The van der Waals surface area contributed by atoms with Gasteiger partial charge in [0.25, 0.3) is 0 Å². The summed E-state index contributed by atoms with van der Waals surface area (Å²) in [6.45, 7) is 4.33. The van der Waals surface area contributed by atoms with E-state index in [0.717, 1.165) is 24.3 Å². The Morgan fingerprint density at radius 3 is 2.12 bits per heavy atom. The lowest BCUT2D eigenvalue weighted by molar-refractivity contribution is -0.126. The van der Waals surface area contributed by atoms with Crippen LogP contribution >= 0.6 is 0 Å². The molecule has 1 fully saturated rings. The van der Waals surface area contributed by atoms with E-state index in [1.165, 1.54) is 18.2 Å². The molecule has 0 radical (unpaired) electrons. The number of anilines is 1. The summed E-state index contributed by atoms with van der Waals surface area (Å²) in [5.41, 5.74) is 2.56. The van der Waals surface area contributed by atoms with Crippen LogP contribution in [-0.2, 0) is 4.79 Å². The molecule has 1 saturated heterocycles. The monoisotopic (exact) mass is 352 g/mol. The van der Waals surface area contributed by atoms with Crippen molar-refractivity contribution in [3.05, 3.63) is 71.6 Å².